The van der Waals surface area contributed by atoms with E-state index in [-0.39, 0.29) is 21.5 Å². The van der Waals surface area contributed by atoms with Gasteiger partial charge in [0.1, 0.15) is 0 Å². The Labute approximate surface area is 133 Å². The first-order valence-electron chi connectivity index (χ1n) is 6.06. The molecule has 0 saturated carbocycles. The number of aliphatic hydroxyl groups is 1. The summed E-state index contributed by atoms with van der Waals surface area (Å²) in [4.78, 5) is -0.0469. The summed E-state index contributed by atoms with van der Waals surface area (Å²) >= 11 is 11.6. The molecule has 0 spiro atoms. The van der Waals surface area contributed by atoms with Gasteiger partial charge in [0.25, 0.3) is 0 Å². The molecule has 0 aliphatic carbocycles. The molecule has 2 aromatic rings. The second kappa shape index (κ2) is 6.77. The van der Waals surface area contributed by atoms with Crippen LogP contribution in [0.3, 0.4) is 0 Å². The molecule has 0 amide bonds. The Kier molecular flexibility index (Phi) is 5.24. The molecule has 2 aromatic carbocycles. The van der Waals surface area contributed by atoms with Crippen LogP contribution in [0.5, 0.6) is 0 Å². The summed E-state index contributed by atoms with van der Waals surface area (Å²) in [5.74, 6) is 0. The molecule has 0 saturated heterocycles. The maximum atomic E-state index is 12.3. The first-order valence-corrected chi connectivity index (χ1v) is 8.30. The molecular weight excluding hydrogens is 333 g/mol. The lowest BCUT2D eigenvalue weighted by atomic mass is 10.1. The summed E-state index contributed by atoms with van der Waals surface area (Å²) in [7, 11) is -3.84. The fourth-order valence-corrected chi connectivity index (χ4v) is 3.78. The normalized spacial score (nSPS) is 13.1. The maximum absolute atomic E-state index is 12.3. The molecule has 0 radical (unpaired) electrons. The van der Waals surface area contributed by atoms with E-state index in [1.165, 1.54) is 18.2 Å². The molecule has 0 unspecified atom stereocenters. The second-order valence-electron chi connectivity index (χ2n) is 4.37. The lowest BCUT2D eigenvalue weighted by Gasteiger charge is -2.17. The first kappa shape index (κ1) is 16.3. The fourth-order valence-electron chi connectivity index (χ4n) is 1.84. The molecule has 2 N–H and O–H groups in total. The highest BCUT2D eigenvalue weighted by atomic mass is 35.5. The van der Waals surface area contributed by atoms with E-state index in [1.54, 1.807) is 24.3 Å². The van der Waals surface area contributed by atoms with Crippen molar-refractivity contribution in [2.75, 3.05) is 6.61 Å². The fraction of sp³-hybridized carbons (Fsp3) is 0.143. The van der Waals surface area contributed by atoms with Gasteiger partial charge in [0.05, 0.1) is 17.5 Å². The second-order valence-corrected chi connectivity index (χ2v) is 6.96. The molecule has 0 bridgehead atoms. The van der Waals surface area contributed by atoms with Gasteiger partial charge in [-0.1, -0.05) is 53.5 Å². The SMILES string of the molecule is O=S(=O)(N[C@@H](CO)c1ccccc1)c1cc(Cl)cc(Cl)c1. The molecule has 1 atom stereocenters. The minimum atomic E-state index is -3.84. The van der Waals surface area contributed by atoms with E-state index < -0.39 is 16.1 Å². The smallest absolute Gasteiger partial charge is 0.241 e. The van der Waals surface area contributed by atoms with Gasteiger partial charge in [0.2, 0.25) is 10.0 Å². The Bertz CT molecular complexity index is 700. The van der Waals surface area contributed by atoms with Crippen LogP contribution in [0.25, 0.3) is 0 Å². The summed E-state index contributed by atoms with van der Waals surface area (Å²) in [6, 6.07) is 12.1. The van der Waals surface area contributed by atoms with Gasteiger partial charge in [0, 0.05) is 10.0 Å². The number of rotatable bonds is 5. The number of hydrogen-bond donors (Lipinski definition) is 2. The summed E-state index contributed by atoms with van der Waals surface area (Å²) in [5, 5.41) is 9.87. The van der Waals surface area contributed by atoms with Crippen molar-refractivity contribution in [1.29, 1.82) is 0 Å². The molecule has 21 heavy (non-hydrogen) atoms. The summed E-state index contributed by atoms with van der Waals surface area (Å²) in [6.07, 6.45) is 0. The number of hydrogen-bond acceptors (Lipinski definition) is 3. The molecule has 7 heteroatoms. The van der Waals surface area contributed by atoms with Gasteiger partial charge in [-0.15, -0.1) is 0 Å². The Morgan fingerprint density at radius 3 is 2.14 bits per heavy atom. The molecule has 0 aromatic heterocycles. The van der Waals surface area contributed by atoms with Crippen molar-refractivity contribution >= 4 is 33.2 Å². The number of aliphatic hydroxyl groups excluding tert-OH is 1. The van der Waals surface area contributed by atoms with Gasteiger partial charge >= 0.3 is 0 Å². The van der Waals surface area contributed by atoms with Crippen LogP contribution >= 0.6 is 23.2 Å². The highest BCUT2D eigenvalue weighted by Crippen LogP contribution is 2.24. The average Bonchev–Trinajstić information content (AvgIpc) is 2.45. The van der Waals surface area contributed by atoms with Crippen LogP contribution in [0.15, 0.2) is 53.4 Å². The van der Waals surface area contributed by atoms with E-state index in [0.29, 0.717) is 5.56 Å². The molecule has 112 valence electrons. The highest BCUT2D eigenvalue weighted by Gasteiger charge is 2.21. The van der Waals surface area contributed by atoms with Crippen molar-refractivity contribution in [3.05, 3.63) is 64.1 Å². The van der Waals surface area contributed by atoms with Crippen molar-refractivity contribution in [3.8, 4) is 0 Å². The summed E-state index contributed by atoms with van der Waals surface area (Å²) in [6.45, 7) is -0.364. The quantitative estimate of drug-likeness (QED) is 0.875. The highest BCUT2D eigenvalue weighted by molar-refractivity contribution is 7.89. The van der Waals surface area contributed by atoms with Gasteiger partial charge in [-0.25, -0.2) is 13.1 Å². The van der Waals surface area contributed by atoms with E-state index in [1.807, 2.05) is 6.07 Å². The lowest BCUT2D eigenvalue weighted by Crippen LogP contribution is -2.30. The van der Waals surface area contributed by atoms with Gasteiger partial charge in [0.15, 0.2) is 0 Å². The zero-order chi connectivity index (χ0) is 15.5. The average molecular weight is 346 g/mol. The third-order valence-corrected chi connectivity index (χ3v) is 4.72. The topological polar surface area (TPSA) is 66.4 Å². The predicted octanol–water partition coefficient (Wildman–Crippen LogP) is 3.01. The van der Waals surface area contributed by atoms with Crippen molar-refractivity contribution in [2.45, 2.75) is 10.9 Å². The molecule has 0 heterocycles. The van der Waals surface area contributed by atoms with Crippen LogP contribution < -0.4 is 4.72 Å². The van der Waals surface area contributed by atoms with Crippen molar-refractivity contribution in [1.82, 2.24) is 4.72 Å². The van der Waals surface area contributed by atoms with Crippen LogP contribution in [0.4, 0.5) is 0 Å². The Morgan fingerprint density at radius 2 is 1.62 bits per heavy atom. The van der Waals surface area contributed by atoms with Crippen LogP contribution in [-0.4, -0.2) is 20.1 Å². The van der Waals surface area contributed by atoms with Crippen molar-refractivity contribution in [3.63, 3.8) is 0 Å². The minimum Gasteiger partial charge on any atom is -0.394 e. The Morgan fingerprint density at radius 1 is 1.05 bits per heavy atom. The van der Waals surface area contributed by atoms with Gasteiger partial charge in [-0.2, -0.15) is 0 Å². The zero-order valence-electron chi connectivity index (χ0n) is 10.8. The van der Waals surface area contributed by atoms with Gasteiger partial charge in [-0.05, 0) is 23.8 Å². The molecule has 2 rings (SSSR count). The van der Waals surface area contributed by atoms with Gasteiger partial charge < -0.3 is 5.11 Å². The number of sulfonamides is 1. The Balaban J connectivity index is 2.31. The predicted molar refractivity (Wildman–Crippen MR) is 83.1 cm³/mol. The Hall–Kier alpha value is -1.11. The lowest BCUT2D eigenvalue weighted by molar-refractivity contribution is 0.259. The van der Waals surface area contributed by atoms with E-state index in [4.69, 9.17) is 23.2 Å². The number of halogens is 2. The molecule has 0 aliphatic rings. The standard InChI is InChI=1S/C14H13Cl2NO3S/c15-11-6-12(16)8-13(7-11)21(19,20)17-14(9-18)10-4-2-1-3-5-10/h1-8,14,17-18H,9H2/t14-/m0/s1. The number of nitrogens with one attached hydrogen (secondary N) is 1. The molecule has 0 fully saturated rings. The minimum absolute atomic E-state index is 0.0469. The van der Waals surface area contributed by atoms with Crippen molar-refractivity contribution in [2.24, 2.45) is 0 Å². The molecule has 4 nitrogen and oxygen atoms in total. The van der Waals surface area contributed by atoms with E-state index in [9.17, 15) is 13.5 Å². The van der Waals surface area contributed by atoms with Crippen LogP contribution in [0.2, 0.25) is 10.0 Å². The summed E-state index contributed by atoms with van der Waals surface area (Å²) in [5.41, 5.74) is 0.664. The van der Waals surface area contributed by atoms with Crippen LogP contribution in [-0.2, 0) is 10.0 Å². The first-order chi connectivity index (χ1) is 9.92. The molecular formula is C14H13Cl2NO3S. The largest absolute Gasteiger partial charge is 0.394 e. The monoisotopic (exact) mass is 345 g/mol. The third-order valence-electron chi connectivity index (χ3n) is 2.83. The van der Waals surface area contributed by atoms with Gasteiger partial charge in [-0.3, -0.25) is 0 Å². The maximum Gasteiger partial charge on any atom is 0.241 e. The van der Waals surface area contributed by atoms with Crippen molar-refractivity contribution < 1.29 is 13.5 Å². The van der Waals surface area contributed by atoms with Crippen LogP contribution in [0.1, 0.15) is 11.6 Å². The van der Waals surface area contributed by atoms with E-state index in [2.05, 4.69) is 4.72 Å². The zero-order valence-corrected chi connectivity index (χ0v) is 13.2. The summed E-state index contributed by atoms with van der Waals surface area (Å²) < 4.78 is 27.1. The van der Waals surface area contributed by atoms with Crippen LogP contribution in [0, 0.1) is 0 Å². The number of benzene rings is 2. The third kappa shape index (κ3) is 4.18. The van der Waals surface area contributed by atoms with E-state index in [0.717, 1.165) is 0 Å². The van der Waals surface area contributed by atoms with E-state index >= 15 is 0 Å². The molecule has 0 aliphatic heterocycles.